The van der Waals surface area contributed by atoms with E-state index in [2.05, 4.69) is 56.9 Å². The van der Waals surface area contributed by atoms with Crippen LogP contribution in [0.3, 0.4) is 0 Å². The summed E-state index contributed by atoms with van der Waals surface area (Å²) in [5.74, 6) is 0. The summed E-state index contributed by atoms with van der Waals surface area (Å²) in [7, 11) is 0. The molecule has 0 bridgehead atoms. The quantitative estimate of drug-likeness (QED) is 0.532. The first kappa shape index (κ1) is 17.1. The second-order valence-electron chi connectivity index (χ2n) is 7.41. The smallest absolute Gasteiger partial charge is 0.0996 e. The molecule has 4 aromatic heterocycles. The van der Waals surface area contributed by atoms with Crippen molar-refractivity contribution in [3.8, 4) is 11.1 Å². The average Bonchev–Trinajstić information content (AvgIpc) is 3.48. The van der Waals surface area contributed by atoms with Crippen LogP contribution in [-0.2, 0) is 13.1 Å². The molecule has 1 aliphatic rings. The zero-order valence-electron chi connectivity index (χ0n) is 16.1. The van der Waals surface area contributed by atoms with E-state index >= 15 is 0 Å². The predicted octanol–water partition coefficient (Wildman–Crippen LogP) is 3.95. The summed E-state index contributed by atoms with van der Waals surface area (Å²) in [5.41, 5.74) is 5.91. The van der Waals surface area contributed by atoms with Gasteiger partial charge in [-0.15, -0.1) is 0 Å². The summed E-state index contributed by atoms with van der Waals surface area (Å²) in [4.78, 5) is 11.6. The molecule has 1 aliphatic heterocycles. The first-order valence-corrected chi connectivity index (χ1v) is 9.94. The van der Waals surface area contributed by atoms with Crippen LogP contribution in [0.5, 0.6) is 0 Å². The molecule has 1 fully saturated rings. The molecule has 6 heteroatoms. The van der Waals surface area contributed by atoms with Crippen LogP contribution >= 0.6 is 0 Å². The minimum Gasteiger partial charge on any atom is -0.305 e. The average molecular weight is 372 g/mol. The van der Waals surface area contributed by atoms with Gasteiger partial charge in [-0.1, -0.05) is 12.1 Å². The highest BCUT2D eigenvalue weighted by Crippen LogP contribution is 2.35. The lowest BCUT2D eigenvalue weighted by molar-refractivity contribution is 0.246. The van der Waals surface area contributed by atoms with Crippen LogP contribution in [0.25, 0.3) is 16.6 Å². The molecule has 142 valence electrons. The molecule has 1 saturated heterocycles. The van der Waals surface area contributed by atoms with Crippen molar-refractivity contribution in [1.82, 2.24) is 29.0 Å². The van der Waals surface area contributed by atoms with E-state index in [0.717, 1.165) is 37.2 Å². The third kappa shape index (κ3) is 3.10. The molecule has 0 amide bonds. The molecule has 0 unspecified atom stereocenters. The van der Waals surface area contributed by atoms with Crippen molar-refractivity contribution >= 4 is 5.52 Å². The van der Waals surface area contributed by atoms with Crippen molar-refractivity contribution in [3.63, 3.8) is 0 Å². The number of hydrogen-bond acceptors (Lipinski definition) is 4. The highest BCUT2D eigenvalue weighted by atomic mass is 15.3. The molecule has 28 heavy (non-hydrogen) atoms. The summed E-state index contributed by atoms with van der Waals surface area (Å²) >= 11 is 0. The number of rotatable bonds is 5. The summed E-state index contributed by atoms with van der Waals surface area (Å²) in [6.07, 6.45) is 14.3. The van der Waals surface area contributed by atoms with Gasteiger partial charge in [-0.05, 0) is 44.0 Å². The highest BCUT2D eigenvalue weighted by molar-refractivity contribution is 5.66. The summed E-state index contributed by atoms with van der Waals surface area (Å²) in [6, 6.07) is 8.77. The highest BCUT2D eigenvalue weighted by Gasteiger charge is 2.29. The van der Waals surface area contributed by atoms with Crippen LogP contribution in [0.4, 0.5) is 0 Å². The van der Waals surface area contributed by atoms with E-state index in [9.17, 15) is 0 Å². The minimum atomic E-state index is 0.360. The standard InChI is InChI=1S/C22H24N6/c1-2-28-14-17(11-25-28)13-26-10-4-6-20(26)22-21-8-7-19(15-27(21)16-24-22)18-5-3-9-23-12-18/h3,5,7-9,11-12,14-16,20H,2,4,6,10,13H2,1H3/t20-/m1/s1. The normalized spacial score (nSPS) is 17.5. The first-order chi connectivity index (χ1) is 13.8. The topological polar surface area (TPSA) is 51.2 Å². The van der Waals surface area contributed by atoms with E-state index < -0.39 is 0 Å². The van der Waals surface area contributed by atoms with E-state index in [1.807, 2.05) is 29.5 Å². The van der Waals surface area contributed by atoms with Gasteiger partial charge in [0.05, 0.1) is 29.8 Å². The number of nitrogens with zero attached hydrogens (tertiary/aromatic N) is 6. The fourth-order valence-corrected chi connectivity index (χ4v) is 4.20. The van der Waals surface area contributed by atoms with Crippen LogP contribution in [-0.4, -0.2) is 35.6 Å². The molecule has 4 aromatic rings. The predicted molar refractivity (Wildman–Crippen MR) is 109 cm³/mol. The second-order valence-corrected chi connectivity index (χ2v) is 7.41. The van der Waals surface area contributed by atoms with E-state index in [1.165, 1.54) is 23.2 Å². The van der Waals surface area contributed by atoms with Gasteiger partial charge in [0.15, 0.2) is 0 Å². The Balaban J connectivity index is 1.43. The van der Waals surface area contributed by atoms with Gasteiger partial charge >= 0.3 is 0 Å². The molecular weight excluding hydrogens is 348 g/mol. The largest absolute Gasteiger partial charge is 0.305 e. The number of imidazole rings is 1. The van der Waals surface area contributed by atoms with Gasteiger partial charge in [0.25, 0.3) is 0 Å². The van der Waals surface area contributed by atoms with Gasteiger partial charge in [-0.25, -0.2) is 4.98 Å². The van der Waals surface area contributed by atoms with Gasteiger partial charge < -0.3 is 4.40 Å². The Morgan fingerprint density at radius 1 is 1.11 bits per heavy atom. The summed E-state index contributed by atoms with van der Waals surface area (Å²) in [6.45, 7) is 5.06. The van der Waals surface area contributed by atoms with Crippen molar-refractivity contribution in [2.24, 2.45) is 0 Å². The van der Waals surface area contributed by atoms with Crippen LogP contribution in [0.1, 0.15) is 37.1 Å². The molecule has 0 aliphatic carbocycles. The third-order valence-electron chi connectivity index (χ3n) is 5.63. The lowest BCUT2D eigenvalue weighted by atomic mass is 10.1. The van der Waals surface area contributed by atoms with Crippen LogP contribution in [0.15, 0.2) is 61.6 Å². The molecular formula is C22H24N6. The maximum absolute atomic E-state index is 4.81. The van der Waals surface area contributed by atoms with Crippen molar-refractivity contribution in [1.29, 1.82) is 0 Å². The maximum Gasteiger partial charge on any atom is 0.0996 e. The van der Waals surface area contributed by atoms with Crippen molar-refractivity contribution in [2.75, 3.05) is 6.54 Å². The van der Waals surface area contributed by atoms with Gasteiger partial charge in [-0.2, -0.15) is 5.10 Å². The molecule has 0 spiro atoms. The van der Waals surface area contributed by atoms with Gasteiger partial charge in [0.2, 0.25) is 0 Å². The molecule has 5 heterocycles. The Kier molecular flexibility index (Phi) is 4.41. The molecule has 0 saturated carbocycles. The van der Waals surface area contributed by atoms with E-state index in [1.54, 1.807) is 6.20 Å². The molecule has 1 atom stereocenters. The zero-order chi connectivity index (χ0) is 18.9. The Labute approximate surface area is 164 Å². The Bertz CT molecular complexity index is 1080. The van der Waals surface area contributed by atoms with E-state index in [-0.39, 0.29) is 0 Å². The minimum absolute atomic E-state index is 0.360. The number of fused-ring (bicyclic) bond motifs is 1. The monoisotopic (exact) mass is 372 g/mol. The molecule has 6 nitrogen and oxygen atoms in total. The zero-order valence-corrected chi connectivity index (χ0v) is 16.1. The molecule has 5 rings (SSSR count). The van der Waals surface area contributed by atoms with Crippen molar-refractivity contribution in [2.45, 2.75) is 38.9 Å². The SMILES string of the molecule is CCn1cc(CN2CCC[C@@H]2c2ncn3cc(-c4cccnc4)ccc23)cn1. The fourth-order valence-electron chi connectivity index (χ4n) is 4.20. The number of likely N-dealkylation sites (tertiary alicyclic amines) is 1. The number of pyridine rings is 2. The van der Waals surface area contributed by atoms with Crippen LogP contribution in [0, 0.1) is 0 Å². The van der Waals surface area contributed by atoms with Crippen LogP contribution in [0.2, 0.25) is 0 Å². The van der Waals surface area contributed by atoms with Gasteiger partial charge in [-0.3, -0.25) is 14.6 Å². The first-order valence-electron chi connectivity index (χ1n) is 9.94. The van der Waals surface area contributed by atoms with Gasteiger partial charge in [0, 0.05) is 49.0 Å². The summed E-state index contributed by atoms with van der Waals surface area (Å²) in [5, 5.41) is 4.42. The molecule has 0 aromatic carbocycles. The third-order valence-corrected chi connectivity index (χ3v) is 5.63. The lowest BCUT2D eigenvalue weighted by Crippen LogP contribution is -2.23. The molecule has 0 N–H and O–H groups in total. The Hall–Kier alpha value is -2.99. The fraction of sp³-hybridized carbons (Fsp3) is 0.318. The number of aromatic nitrogens is 5. The lowest BCUT2D eigenvalue weighted by Gasteiger charge is -2.22. The van der Waals surface area contributed by atoms with Crippen molar-refractivity contribution < 1.29 is 0 Å². The van der Waals surface area contributed by atoms with Gasteiger partial charge in [0.1, 0.15) is 0 Å². The van der Waals surface area contributed by atoms with Crippen LogP contribution < -0.4 is 0 Å². The van der Waals surface area contributed by atoms with E-state index in [4.69, 9.17) is 4.98 Å². The maximum atomic E-state index is 4.81. The summed E-state index contributed by atoms with van der Waals surface area (Å²) < 4.78 is 4.13. The second kappa shape index (κ2) is 7.20. The Morgan fingerprint density at radius 2 is 2.07 bits per heavy atom. The Morgan fingerprint density at radius 3 is 2.89 bits per heavy atom. The van der Waals surface area contributed by atoms with E-state index in [0.29, 0.717) is 6.04 Å². The number of aryl methyl sites for hydroxylation is 1. The van der Waals surface area contributed by atoms with Crippen molar-refractivity contribution in [3.05, 3.63) is 72.8 Å². The number of hydrogen-bond donors (Lipinski definition) is 0. The molecule has 0 radical (unpaired) electrons.